The maximum atomic E-state index is 3.52. The molecule has 0 heterocycles. The molecule has 0 saturated heterocycles. The lowest BCUT2D eigenvalue weighted by Crippen LogP contribution is -2.09. The first-order valence-corrected chi connectivity index (χ1v) is 5.26. The van der Waals surface area contributed by atoms with Crippen molar-refractivity contribution in [1.82, 2.24) is 0 Å². The van der Waals surface area contributed by atoms with Crippen LogP contribution in [0.15, 0.2) is 0 Å². The zero-order chi connectivity index (χ0) is 6.69. The summed E-state index contributed by atoms with van der Waals surface area (Å²) in [6.07, 6.45) is 6.85. The fourth-order valence-corrected chi connectivity index (χ4v) is 2.14. The van der Waals surface area contributed by atoms with Gasteiger partial charge in [0, 0.05) is 5.92 Å². The molecule has 1 rings (SSSR count). The third kappa shape index (κ3) is 2.58. The van der Waals surface area contributed by atoms with Crippen LogP contribution < -0.4 is 0 Å². The van der Waals surface area contributed by atoms with Crippen LogP contribution in [0, 0.1) is 5.92 Å². The third-order valence-electron chi connectivity index (χ3n) is 1.80. The molecule has 53 valence electrons. The van der Waals surface area contributed by atoms with Crippen LogP contribution in [0.5, 0.6) is 0 Å². The Balaban J connectivity index is 2.23. The summed E-state index contributed by atoms with van der Waals surface area (Å²) >= 11 is 7.03. The van der Waals surface area contributed by atoms with Gasteiger partial charge in [0.15, 0.2) is 0 Å². The Morgan fingerprint density at radius 3 is 1.89 bits per heavy atom. The lowest BCUT2D eigenvalue weighted by molar-refractivity contribution is 0.538. The minimum atomic E-state index is 0.477. The molecule has 0 nitrogen and oxygen atoms in total. The molecular weight excluding hydrogens is 244 g/mol. The molecule has 1 fully saturated rings. The number of rotatable bonds is 1. The van der Waals surface area contributed by atoms with Crippen molar-refractivity contribution in [3.8, 4) is 0 Å². The van der Waals surface area contributed by atoms with Gasteiger partial charge in [-0.1, -0.05) is 51.1 Å². The molecule has 0 spiro atoms. The molecule has 2 heteroatoms. The van der Waals surface area contributed by atoms with Gasteiger partial charge in [0.05, 0.1) is 3.74 Å². The van der Waals surface area contributed by atoms with E-state index < -0.39 is 0 Å². The number of halogens is 2. The monoisotopic (exact) mass is 253 g/mol. The standard InChI is InChI=1S/C7H11Br2/c8-7(9)6-4-2-1-3-5-6/h7H,1-5H2. The first-order chi connectivity index (χ1) is 4.30. The van der Waals surface area contributed by atoms with Crippen molar-refractivity contribution >= 4 is 31.9 Å². The van der Waals surface area contributed by atoms with Gasteiger partial charge in [-0.3, -0.25) is 0 Å². The Bertz CT molecular complexity index is 75.0. The summed E-state index contributed by atoms with van der Waals surface area (Å²) in [7, 11) is 0. The van der Waals surface area contributed by atoms with Gasteiger partial charge in [-0.2, -0.15) is 0 Å². The second-order valence-electron chi connectivity index (χ2n) is 2.52. The second-order valence-corrected chi connectivity index (χ2v) is 5.58. The van der Waals surface area contributed by atoms with Crippen LogP contribution in [0.2, 0.25) is 0 Å². The summed E-state index contributed by atoms with van der Waals surface area (Å²) in [4.78, 5) is 0. The molecule has 0 bridgehead atoms. The highest BCUT2D eigenvalue weighted by Crippen LogP contribution is 2.34. The smallest absolute Gasteiger partial charge is 0.0758 e. The van der Waals surface area contributed by atoms with E-state index in [2.05, 4.69) is 31.9 Å². The molecule has 1 radical (unpaired) electrons. The van der Waals surface area contributed by atoms with Crippen molar-refractivity contribution in [3.05, 3.63) is 5.92 Å². The van der Waals surface area contributed by atoms with Crippen LogP contribution in [0.3, 0.4) is 0 Å². The van der Waals surface area contributed by atoms with Crippen molar-refractivity contribution < 1.29 is 0 Å². The van der Waals surface area contributed by atoms with Crippen LogP contribution in [-0.2, 0) is 0 Å². The number of hydrogen-bond acceptors (Lipinski definition) is 0. The van der Waals surface area contributed by atoms with Gasteiger partial charge in [0.2, 0.25) is 0 Å². The van der Waals surface area contributed by atoms with Gasteiger partial charge in [0.1, 0.15) is 0 Å². The maximum Gasteiger partial charge on any atom is 0.0759 e. The first kappa shape index (κ1) is 8.06. The van der Waals surface area contributed by atoms with E-state index in [9.17, 15) is 0 Å². The number of alkyl halides is 2. The second kappa shape index (κ2) is 3.97. The van der Waals surface area contributed by atoms with E-state index >= 15 is 0 Å². The Hall–Kier alpha value is 0.960. The van der Waals surface area contributed by atoms with Crippen molar-refractivity contribution in [3.63, 3.8) is 0 Å². The molecule has 0 amide bonds. The predicted octanol–water partition coefficient (Wildman–Crippen LogP) is 3.64. The van der Waals surface area contributed by atoms with E-state index in [1.165, 1.54) is 32.1 Å². The fourth-order valence-electron chi connectivity index (χ4n) is 1.22. The van der Waals surface area contributed by atoms with Crippen molar-refractivity contribution in [2.24, 2.45) is 0 Å². The van der Waals surface area contributed by atoms with Crippen LogP contribution in [0.25, 0.3) is 0 Å². The zero-order valence-corrected chi connectivity index (χ0v) is 8.54. The lowest BCUT2D eigenvalue weighted by atomic mass is 9.91. The van der Waals surface area contributed by atoms with Crippen LogP contribution in [0.1, 0.15) is 32.1 Å². The van der Waals surface area contributed by atoms with Crippen molar-refractivity contribution in [2.45, 2.75) is 35.8 Å². The van der Waals surface area contributed by atoms with Gasteiger partial charge in [-0.15, -0.1) is 0 Å². The quantitative estimate of drug-likeness (QED) is 0.627. The van der Waals surface area contributed by atoms with Crippen molar-refractivity contribution in [2.75, 3.05) is 0 Å². The molecule has 0 unspecified atom stereocenters. The van der Waals surface area contributed by atoms with Crippen LogP contribution in [0.4, 0.5) is 0 Å². The highest BCUT2D eigenvalue weighted by molar-refractivity contribution is 9.24. The SMILES string of the molecule is BrC(Br)[C]1CCCCC1. The molecular formula is C7H11Br2. The molecule has 9 heavy (non-hydrogen) atoms. The van der Waals surface area contributed by atoms with Crippen LogP contribution in [-0.4, -0.2) is 3.74 Å². The summed E-state index contributed by atoms with van der Waals surface area (Å²) in [5.41, 5.74) is 0. The van der Waals surface area contributed by atoms with E-state index in [4.69, 9.17) is 0 Å². The van der Waals surface area contributed by atoms with E-state index in [-0.39, 0.29) is 0 Å². The molecule has 0 aliphatic heterocycles. The Kier molecular flexibility index (Phi) is 3.55. The van der Waals surface area contributed by atoms with Gasteiger partial charge >= 0.3 is 0 Å². The van der Waals surface area contributed by atoms with Crippen LogP contribution >= 0.6 is 31.9 Å². The van der Waals surface area contributed by atoms with E-state index in [1.54, 1.807) is 5.92 Å². The highest BCUT2D eigenvalue weighted by Gasteiger charge is 2.18. The highest BCUT2D eigenvalue weighted by atomic mass is 79.9. The Morgan fingerprint density at radius 2 is 1.56 bits per heavy atom. The normalized spacial score (nSPS) is 23.0. The number of hydrogen-bond donors (Lipinski definition) is 0. The summed E-state index contributed by atoms with van der Waals surface area (Å²) in [5, 5.41) is 0. The molecule has 0 atom stereocenters. The minimum Gasteiger partial charge on any atom is -0.0758 e. The molecule has 0 aromatic carbocycles. The average molecular weight is 255 g/mol. The van der Waals surface area contributed by atoms with E-state index in [1.807, 2.05) is 0 Å². The Morgan fingerprint density at radius 1 is 1.00 bits per heavy atom. The lowest BCUT2D eigenvalue weighted by Gasteiger charge is -2.21. The summed E-state index contributed by atoms with van der Waals surface area (Å²) < 4.78 is 0.477. The van der Waals surface area contributed by atoms with E-state index in [0.717, 1.165) is 0 Å². The molecule has 0 N–H and O–H groups in total. The fraction of sp³-hybridized carbons (Fsp3) is 0.857. The topological polar surface area (TPSA) is 0 Å². The summed E-state index contributed by atoms with van der Waals surface area (Å²) in [6.45, 7) is 0. The molecule has 0 aromatic rings. The minimum absolute atomic E-state index is 0.477. The van der Waals surface area contributed by atoms with Gasteiger partial charge < -0.3 is 0 Å². The predicted molar refractivity (Wildman–Crippen MR) is 48.0 cm³/mol. The first-order valence-electron chi connectivity index (χ1n) is 3.43. The zero-order valence-electron chi connectivity index (χ0n) is 5.37. The summed E-state index contributed by atoms with van der Waals surface area (Å²) in [6, 6.07) is 0. The largest absolute Gasteiger partial charge is 0.0759 e. The van der Waals surface area contributed by atoms with Gasteiger partial charge in [0.25, 0.3) is 0 Å². The average Bonchev–Trinajstić information content (AvgIpc) is 1.90. The molecule has 1 saturated carbocycles. The van der Waals surface area contributed by atoms with Crippen molar-refractivity contribution in [1.29, 1.82) is 0 Å². The molecule has 1 aliphatic carbocycles. The molecule has 0 aromatic heterocycles. The third-order valence-corrected chi connectivity index (χ3v) is 3.10. The summed E-state index contributed by atoms with van der Waals surface area (Å²) in [5.74, 6) is 1.64. The maximum absolute atomic E-state index is 3.52. The van der Waals surface area contributed by atoms with Gasteiger partial charge in [-0.05, 0) is 12.8 Å². The molecule has 1 aliphatic rings. The van der Waals surface area contributed by atoms with Gasteiger partial charge in [-0.25, -0.2) is 0 Å². The Labute approximate surface area is 73.7 Å². The van der Waals surface area contributed by atoms with E-state index in [0.29, 0.717) is 3.74 Å².